The van der Waals surface area contributed by atoms with Gasteiger partial charge in [-0.1, -0.05) is 26.0 Å². The molecule has 1 aliphatic rings. The first kappa shape index (κ1) is 13.4. The lowest BCUT2D eigenvalue weighted by Crippen LogP contribution is -2.28. The molecule has 100 valence electrons. The monoisotopic (exact) mass is 268 g/mol. The summed E-state index contributed by atoms with van der Waals surface area (Å²) in [5.74, 6) is 0.253. The van der Waals surface area contributed by atoms with E-state index < -0.39 is 10.0 Å². The Morgan fingerprint density at radius 1 is 1.28 bits per heavy atom. The SMILES string of the molecule is CC(C)(CN)c1ccc(N2CCCS2(=O)=O)cc1. The normalized spacial score (nSPS) is 19.2. The van der Waals surface area contributed by atoms with E-state index in [1.54, 1.807) is 0 Å². The summed E-state index contributed by atoms with van der Waals surface area (Å²) in [6.45, 7) is 5.31. The Balaban J connectivity index is 2.29. The second-order valence-electron chi connectivity index (χ2n) is 5.38. The molecule has 0 radical (unpaired) electrons. The van der Waals surface area contributed by atoms with Gasteiger partial charge >= 0.3 is 0 Å². The fourth-order valence-electron chi connectivity index (χ4n) is 2.13. The van der Waals surface area contributed by atoms with Crippen LogP contribution in [0, 0.1) is 0 Å². The summed E-state index contributed by atoms with van der Waals surface area (Å²) >= 11 is 0. The molecule has 2 N–H and O–H groups in total. The van der Waals surface area contributed by atoms with Crippen LogP contribution in [0.4, 0.5) is 5.69 Å². The van der Waals surface area contributed by atoms with E-state index in [1.165, 1.54) is 4.31 Å². The molecule has 18 heavy (non-hydrogen) atoms. The largest absolute Gasteiger partial charge is 0.330 e. The summed E-state index contributed by atoms with van der Waals surface area (Å²) in [7, 11) is -3.09. The van der Waals surface area contributed by atoms with Gasteiger partial charge in [0.1, 0.15) is 0 Å². The number of rotatable bonds is 3. The molecule has 1 aliphatic heterocycles. The Kier molecular flexibility index (Phi) is 3.38. The van der Waals surface area contributed by atoms with Crippen LogP contribution < -0.4 is 10.0 Å². The molecule has 1 fully saturated rings. The van der Waals surface area contributed by atoms with Gasteiger partial charge in [0.05, 0.1) is 11.4 Å². The Hall–Kier alpha value is -1.07. The fraction of sp³-hybridized carbons (Fsp3) is 0.538. The van der Waals surface area contributed by atoms with Crippen molar-refractivity contribution >= 4 is 15.7 Å². The second-order valence-corrected chi connectivity index (χ2v) is 7.39. The van der Waals surface area contributed by atoms with Crippen molar-refractivity contribution in [2.24, 2.45) is 5.73 Å². The highest BCUT2D eigenvalue weighted by molar-refractivity contribution is 7.93. The van der Waals surface area contributed by atoms with Crippen LogP contribution in [0.5, 0.6) is 0 Å². The van der Waals surface area contributed by atoms with Gasteiger partial charge in [-0.15, -0.1) is 0 Å². The highest BCUT2D eigenvalue weighted by Gasteiger charge is 2.28. The van der Waals surface area contributed by atoms with Crippen LogP contribution in [0.3, 0.4) is 0 Å². The molecule has 2 rings (SSSR count). The molecule has 0 spiro atoms. The Labute approximate surface area is 109 Å². The molecule has 0 aliphatic carbocycles. The lowest BCUT2D eigenvalue weighted by Gasteiger charge is -2.24. The van der Waals surface area contributed by atoms with Gasteiger partial charge in [-0.2, -0.15) is 0 Å². The third kappa shape index (κ3) is 2.37. The maximum Gasteiger partial charge on any atom is 0.235 e. The van der Waals surface area contributed by atoms with Crippen molar-refractivity contribution in [2.45, 2.75) is 25.7 Å². The maximum absolute atomic E-state index is 11.8. The minimum atomic E-state index is -3.09. The second kappa shape index (κ2) is 4.55. The van der Waals surface area contributed by atoms with Crippen molar-refractivity contribution in [1.82, 2.24) is 0 Å². The summed E-state index contributed by atoms with van der Waals surface area (Å²) in [5.41, 5.74) is 7.54. The predicted octanol–water partition coefficient (Wildman–Crippen LogP) is 1.46. The number of nitrogens with two attached hydrogens (primary N) is 1. The minimum absolute atomic E-state index is 0.0809. The first-order valence-electron chi connectivity index (χ1n) is 6.18. The van der Waals surface area contributed by atoms with E-state index in [-0.39, 0.29) is 11.2 Å². The van der Waals surface area contributed by atoms with Crippen molar-refractivity contribution in [2.75, 3.05) is 23.1 Å². The molecule has 0 bridgehead atoms. The number of nitrogens with zero attached hydrogens (tertiary/aromatic N) is 1. The van der Waals surface area contributed by atoms with Crippen LogP contribution >= 0.6 is 0 Å². The average Bonchev–Trinajstić information content (AvgIpc) is 2.69. The van der Waals surface area contributed by atoms with Crippen LogP contribution in [0.1, 0.15) is 25.8 Å². The van der Waals surface area contributed by atoms with Gasteiger partial charge < -0.3 is 5.73 Å². The first-order valence-corrected chi connectivity index (χ1v) is 7.79. The standard InChI is InChI=1S/C13H20N2O2S/c1-13(2,10-14)11-4-6-12(7-5-11)15-8-3-9-18(15,16)17/h4-7H,3,8-10,14H2,1-2H3. The Bertz CT molecular complexity index is 520. The van der Waals surface area contributed by atoms with Crippen LogP contribution in [0.15, 0.2) is 24.3 Å². The number of sulfonamides is 1. The van der Waals surface area contributed by atoms with Crippen molar-refractivity contribution < 1.29 is 8.42 Å². The Morgan fingerprint density at radius 2 is 1.89 bits per heavy atom. The van der Waals surface area contributed by atoms with Gasteiger partial charge in [0.2, 0.25) is 10.0 Å². The minimum Gasteiger partial charge on any atom is -0.330 e. The third-order valence-electron chi connectivity index (χ3n) is 3.55. The lowest BCUT2D eigenvalue weighted by molar-refractivity contribution is 0.539. The van der Waals surface area contributed by atoms with E-state index >= 15 is 0 Å². The molecule has 0 unspecified atom stereocenters. The predicted molar refractivity (Wildman–Crippen MR) is 74.3 cm³/mol. The smallest absolute Gasteiger partial charge is 0.235 e. The molecule has 0 atom stereocenters. The van der Waals surface area contributed by atoms with E-state index in [9.17, 15) is 8.42 Å². The van der Waals surface area contributed by atoms with Crippen LogP contribution in [-0.2, 0) is 15.4 Å². The molecule has 0 amide bonds. The van der Waals surface area contributed by atoms with Gasteiger partial charge in [-0.25, -0.2) is 8.42 Å². The topological polar surface area (TPSA) is 63.4 Å². The van der Waals surface area contributed by atoms with E-state index in [1.807, 2.05) is 24.3 Å². The molecule has 1 aromatic carbocycles. The zero-order valence-corrected chi connectivity index (χ0v) is 11.7. The Morgan fingerprint density at radius 3 is 2.33 bits per heavy atom. The van der Waals surface area contributed by atoms with E-state index in [4.69, 9.17) is 5.73 Å². The molecule has 4 nitrogen and oxygen atoms in total. The fourth-order valence-corrected chi connectivity index (χ4v) is 3.69. The van der Waals surface area contributed by atoms with Gasteiger partial charge in [-0.05, 0) is 24.1 Å². The summed E-state index contributed by atoms with van der Waals surface area (Å²) < 4.78 is 25.1. The van der Waals surface area contributed by atoms with E-state index in [0.29, 0.717) is 19.5 Å². The van der Waals surface area contributed by atoms with Crippen LogP contribution in [0.2, 0.25) is 0 Å². The lowest BCUT2D eigenvalue weighted by atomic mass is 9.85. The first-order chi connectivity index (χ1) is 8.37. The molecule has 5 heteroatoms. The maximum atomic E-state index is 11.8. The van der Waals surface area contributed by atoms with Gasteiger partial charge in [0.15, 0.2) is 0 Å². The summed E-state index contributed by atoms with van der Waals surface area (Å²) in [6.07, 6.45) is 0.707. The molecule has 0 saturated carbocycles. The van der Waals surface area contributed by atoms with Gasteiger partial charge in [0, 0.05) is 18.5 Å². The van der Waals surface area contributed by atoms with Gasteiger partial charge in [0.25, 0.3) is 0 Å². The van der Waals surface area contributed by atoms with E-state index in [0.717, 1.165) is 11.3 Å². The third-order valence-corrected chi connectivity index (χ3v) is 5.42. The van der Waals surface area contributed by atoms with Crippen molar-refractivity contribution in [3.63, 3.8) is 0 Å². The average molecular weight is 268 g/mol. The van der Waals surface area contributed by atoms with Crippen molar-refractivity contribution in [3.8, 4) is 0 Å². The molecule has 1 heterocycles. The number of hydrogen-bond donors (Lipinski definition) is 1. The zero-order valence-electron chi connectivity index (χ0n) is 10.9. The molecular weight excluding hydrogens is 248 g/mol. The molecule has 1 aromatic rings. The molecular formula is C13H20N2O2S. The highest BCUT2D eigenvalue weighted by Crippen LogP contribution is 2.28. The summed E-state index contributed by atoms with van der Waals surface area (Å²) in [6, 6.07) is 7.68. The number of benzene rings is 1. The highest BCUT2D eigenvalue weighted by atomic mass is 32.2. The summed E-state index contributed by atoms with van der Waals surface area (Å²) in [4.78, 5) is 0. The van der Waals surface area contributed by atoms with Crippen LogP contribution in [-0.4, -0.2) is 27.3 Å². The van der Waals surface area contributed by atoms with Crippen LogP contribution in [0.25, 0.3) is 0 Å². The zero-order chi connectivity index (χ0) is 13.4. The number of hydrogen-bond acceptors (Lipinski definition) is 3. The van der Waals surface area contributed by atoms with E-state index in [2.05, 4.69) is 13.8 Å². The van der Waals surface area contributed by atoms with Gasteiger partial charge in [-0.3, -0.25) is 4.31 Å². The summed E-state index contributed by atoms with van der Waals surface area (Å²) in [5, 5.41) is 0. The molecule has 0 aromatic heterocycles. The van der Waals surface area contributed by atoms with Crippen molar-refractivity contribution in [3.05, 3.63) is 29.8 Å². The number of anilines is 1. The molecule has 1 saturated heterocycles. The quantitative estimate of drug-likeness (QED) is 0.902. The van der Waals surface area contributed by atoms with Crippen molar-refractivity contribution in [1.29, 1.82) is 0 Å².